The molecule has 0 unspecified atom stereocenters. The van der Waals surface area contributed by atoms with E-state index in [0.29, 0.717) is 12.5 Å². The van der Waals surface area contributed by atoms with Crippen molar-refractivity contribution < 1.29 is 14.3 Å². The van der Waals surface area contributed by atoms with Gasteiger partial charge in [-0.3, -0.25) is 9.79 Å². The number of amides is 1. The molecule has 2 aliphatic rings. The summed E-state index contributed by atoms with van der Waals surface area (Å²) in [6.45, 7) is 4.78. The summed E-state index contributed by atoms with van der Waals surface area (Å²) in [4.78, 5) is 18.6. The Kier molecular flexibility index (Phi) is 12.3. The summed E-state index contributed by atoms with van der Waals surface area (Å²) in [7, 11) is 5.46. The topological polar surface area (TPSA) is 75.2 Å². The number of hydrogen-bond acceptors (Lipinski definition) is 4. The summed E-state index contributed by atoms with van der Waals surface area (Å²) in [6, 6.07) is 0. The number of nitrogens with zero attached hydrogens (tertiary/aromatic N) is 2. The molecule has 0 radical (unpaired) electrons. The van der Waals surface area contributed by atoms with Crippen molar-refractivity contribution in [3.05, 3.63) is 0 Å². The molecule has 28 heavy (non-hydrogen) atoms. The van der Waals surface area contributed by atoms with Gasteiger partial charge in [0.2, 0.25) is 5.91 Å². The van der Waals surface area contributed by atoms with Gasteiger partial charge in [-0.15, -0.1) is 24.0 Å². The number of carbonyl (C=O) groups is 1. The van der Waals surface area contributed by atoms with Gasteiger partial charge in [-0.1, -0.05) is 12.8 Å². The second-order valence-electron chi connectivity index (χ2n) is 8.02. The number of halogens is 1. The van der Waals surface area contributed by atoms with Crippen LogP contribution in [0.25, 0.3) is 0 Å². The lowest BCUT2D eigenvalue weighted by molar-refractivity contribution is -0.138. The number of guanidine groups is 1. The zero-order chi connectivity index (χ0) is 19.5. The summed E-state index contributed by atoms with van der Waals surface area (Å²) >= 11 is 0. The third-order valence-corrected chi connectivity index (χ3v) is 5.69. The molecule has 164 valence electrons. The van der Waals surface area contributed by atoms with Gasteiger partial charge in [0.15, 0.2) is 5.96 Å². The monoisotopic (exact) mass is 510 g/mol. The first-order chi connectivity index (χ1) is 13.1. The number of hydrogen-bond donors (Lipinski definition) is 2. The van der Waals surface area contributed by atoms with Gasteiger partial charge in [-0.25, -0.2) is 0 Å². The third-order valence-electron chi connectivity index (χ3n) is 5.69. The summed E-state index contributed by atoms with van der Waals surface area (Å²) in [5.74, 6) is 1.64. The molecule has 2 N–H and O–H groups in total. The number of carbonyl (C=O) groups excluding carboxylic acids is 1. The van der Waals surface area contributed by atoms with E-state index < -0.39 is 0 Å². The van der Waals surface area contributed by atoms with E-state index in [1.54, 1.807) is 11.9 Å². The smallest absolute Gasteiger partial charge is 0.230 e. The van der Waals surface area contributed by atoms with Gasteiger partial charge >= 0.3 is 0 Å². The molecular weight excluding hydrogens is 471 g/mol. The molecule has 7 nitrogen and oxygen atoms in total. The van der Waals surface area contributed by atoms with Crippen LogP contribution in [-0.4, -0.2) is 77.4 Å². The molecule has 0 spiro atoms. The Morgan fingerprint density at radius 3 is 2.50 bits per heavy atom. The van der Waals surface area contributed by atoms with E-state index in [4.69, 9.17) is 9.47 Å². The van der Waals surface area contributed by atoms with E-state index >= 15 is 0 Å². The maximum Gasteiger partial charge on any atom is 0.230 e. The van der Waals surface area contributed by atoms with Crippen LogP contribution in [-0.2, 0) is 14.3 Å². The Morgan fingerprint density at radius 1 is 1.21 bits per heavy atom. The Morgan fingerprint density at radius 2 is 1.89 bits per heavy atom. The van der Waals surface area contributed by atoms with Gasteiger partial charge in [0.05, 0.1) is 5.41 Å². The standard InChI is InChI=1S/C20H38N4O3.HI/c1-21-19(22-11-6-12-27-15-17-7-13-26-14-8-17)23-16-20(9-4-5-10-20)18(25)24(2)3;/h17H,4-16H2,1-3H3,(H2,21,22,23);1H. The van der Waals surface area contributed by atoms with E-state index in [1.807, 2.05) is 14.1 Å². The van der Waals surface area contributed by atoms with Gasteiger partial charge in [-0.2, -0.15) is 0 Å². The van der Waals surface area contributed by atoms with E-state index in [-0.39, 0.29) is 35.3 Å². The highest BCUT2D eigenvalue weighted by atomic mass is 127. The minimum atomic E-state index is -0.284. The molecule has 1 aliphatic heterocycles. The Balaban J connectivity index is 0.00000392. The summed E-state index contributed by atoms with van der Waals surface area (Å²) in [5.41, 5.74) is -0.284. The average Bonchev–Trinajstić information content (AvgIpc) is 3.17. The first kappa shape index (κ1) is 25.4. The fourth-order valence-electron chi connectivity index (χ4n) is 4.01. The third kappa shape index (κ3) is 8.02. The normalized spacial score (nSPS) is 19.8. The quantitative estimate of drug-likeness (QED) is 0.216. The lowest BCUT2D eigenvalue weighted by Crippen LogP contribution is -2.49. The van der Waals surface area contributed by atoms with Gasteiger partial charge in [0, 0.05) is 60.7 Å². The lowest BCUT2D eigenvalue weighted by Gasteiger charge is -2.31. The number of nitrogens with one attached hydrogen (secondary N) is 2. The average molecular weight is 510 g/mol. The number of aliphatic imine (C=N–C) groups is 1. The van der Waals surface area contributed by atoms with Gasteiger partial charge < -0.3 is 25.0 Å². The summed E-state index contributed by atoms with van der Waals surface area (Å²) < 4.78 is 11.2. The minimum absolute atomic E-state index is 0. The second kappa shape index (κ2) is 13.6. The molecule has 0 aromatic carbocycles. The van der Waals surface area contributed by atoms with E-state index in [1.165, 1.54) is 0 Å². The fourth-order valence-corrected chi connectivity index (χ4v) is 4.01. The van der Waals surface area contributed by atoms with Gasteiger partial charge in [0.25, 0.3) is 0 Å². The zero-order valence-corrected chi connectivity index (χ0v) is 20.1. The van der Waals surface area contributed by atoms with Crippen molar-refractivity contribution in [1.82, 2.24) is 15.5 Å². The molecule has 0 aromatic rings. The SMILES string of the molecule is CN=C(NCCCOCC1CCOCC1)NCC1(C(=O)N(C)C)CCCC1.I. The van der Waals surface area contributed by atoms with Crippen molar-refractivity contribution in [3.63, 3.8) is 0 Å². The fraction of sp³-hybridized carbons (Fsp3) is 0.900. The Labute approximate surface area is 187 Å². The van der Waals surface area contributed by atoms with Crippen molar-refractivity contribution in [2.75, 3.05) is 60.7 Å². The maximum atomic E-state index is 12.6. The summed E-state index contributed by atoms with van der Waals surface area (Å²) in [5, 5.41) is 6.70. The first-order valence-electron chi connectivity index (χ1n) is 10.4. The van der Waals surface area contributed by atoms with Crippen molar-refractivity contribution in [2.45, 2.75) is 44.9 Å². The van der Waals surface area contributed by atoms with Crippen molar-refractivity contribution in [1.29, 1.82) is 0 Å². The molecule has 1 heterocycles. The predicted octanol–water partition coefficient (Wildman–Crippen LogP) is 2.25. The molecular formula is C20H39IN4O3. The van der Waals surface area contributed by atoms with Crippen molar-refractivity contribution in [2.24, 2.45) is 16.3 Å². The van der Waals surface area contributed by atoms with Gasteiger partial charge in [0.1, 0.15) is 0 Å². The molecule has 1 saturated heterocycles. The molecule has 8 heteroatoms. The van der Waals surface area contributed by atoms with Crippen LogP contribution in [0.4, 0.5) is 0 Å². The highest BCUT2D eigenvalue weighted by molar-refractivity contribution is 14.0. The second-order valence-corrected chi connectivity index (χ2v) is 8.02. The Bertz CT molecular complexity index is 476. The highest BCUT2D eigenvalue weighted by Crippen LogP contribution is 2.38. The molecule has 0 atom stereocenters. The van der Waals surface area contributed by atoms with E-state index in [0.717, 1.165) is 83.9 Å². The molecule has 1 aliphatic carbocycles. The van der Waals surface area contributed by atoms with Crippen LogP contribution in [0, 0.1) is 11.3 Å². The molecule has 0 bridgehead atoms. The molecule has 1 saturated carbocycles. The molecule has 2 fully saturated rings. The van der Waals surface area contributed by atoms with Crippen LogP contribution >= 0.6 is 24.0 Å². The van der Waals surface area contributed by atoms with Crippen LogP contribution in [0.5, 0.6) is 0 Å². The van der Waals surface area contributed by atoms with E-state index in [9.17, 15) is 4.79 Å². The first-order valence-corrected chi connectivity index (χ1v) is 10.4. The van der Waals surface area contributed by atoms with Crippen LogP contribution in [0.1, 0.15) is 44.9 Å². The molecule has 0 aromatic heterocycles. The maximum absolute atomic E-state index is 12.6. The zero-order valence-electron chi connectivity index (χ0n) is 17.8. The lowest BCUT2D eigenvalue weighted by atomic mass is 9.84. The molecule has 1 amide bonds. The van der Waals surface area contributed by atoms with Gasteiger partial charge in [-0.05, 0) is 38.0 Å². The highest BCUT2D eigenvalue weighted by Gasteiger charge is 2.42. The van der Waals surface area contributed by atoms with Crippen LogP contribution in [0.3, 0.4) is 0 Å². The minimum Gasteiger partial charge on any atom is -0.381 e. The van der Waals surface area contributed by atoms with Crippen LogP contribution < -0.4 is 10.6 Å². The number of rotatable bonds is 9. The van der Waals surface area contributed by atoms with Crippen molar-refractivity contribution in [3.8, 4) is 0 Å². The van der Waals surface area contributed by atoms with Crippen molar-refractivity contribution >= 4 is 35.8 Å². The summed E-state index contributed by atoms with van der Waals surface area (Å²) in [6.07, 6.45) is 7.31. The van der Waals surface area contributed by atoms with Crippen LogP contribution in [0.2, 0.25) is 0 Å². The largest absolute Gasteiger partial charge is 0.381 e. The predicted molar refractivity (Wildman–Crippen MR) is 123 cm³/mol. The number of ether oxygens (including phenoxy) is 2. The molecule has 2 rings (SSSR count). The Hall–Kier alpha value is -0.610. The van der Waals surface area contributed by atoms with Crippen LogP contribution in [0.15, 0.2) is 4.99 Å². The van der Waals surface area contributed by atoms with E-state index in [2.05, 4.69) is 15.6 Å².